The molecule has 7 heteroatoms. The summed E-state index contributed by atoms with van der Waals surface area (Å²) in [6, 6.07) is 17.9. The van der Waals surface area contributed by atoms with Crippen molar-refractivity contribution in [2.75, 3.05) is 4.31 Å². The van der Waals surface area contributed by atoms with Gasteiger partial charge in [0.1, 0.15) is 0 Å². The Hall–Kier alpha value is -2.60. The molecule has 0 spiro atoms. The fourth-order valence-electron chi connectivity index (χ4n) is 2.83. The minimum absolute atomic E-state index is 0.0268. The number of halogens is 2. The van der Waals surface area contributed by atoms with Gasteiger partial charge in [0.05, 0.1) is 10.6 Å². The summed E-state index contributed by atoms with van der Waals surface area (Å²) in [5, 5.41) is 0.974. The third-order valence-corrected chi connectivity index (χ3v) is 6.65. The molecule has 154 valence electrons. The number of amides is 1. The number of carbonyl (C=O) groups excluding carboxylic acids is 1. The van der Waals surface area contributed by atoms with E-state index in [2.05, 4.69) is 0 Å². The van der Waals surface area contributed by atoms with E-state index in [4.69, 9.17) is 23.2 Å². The number of aryl methyl sites for hydroxylation is 2. The minimum atomic E-state index is -4.17. The van der Waals surface area contributed by atoms with Crippen LogP contribution in [-0.2, 0) is 14.8 Å². The number of hydrogen-bond donors (Lipinski definition) is 0. The van der Waals surface area contributed by atoms with E-state index in [0.717, 1.165) is 15.4 Å². The lowest BCUT2D eigenvalue weighted by Crippen LogP contribution is -2.36. The fraction of sp³-hybridized carbons (Fsp3) is 0.0870. The summed E-state index contributed by atoms with van der Waals surface area (Å²) in [6.07, 6.45) is 2.78. The van der Waals surface area contributed by atoms with E-state index in [1.165, 1.54) is 30.3 Å². The van der Waals surface area contributed by atoms with Crippen LogP contribution in [0.15, 0.2) is 77.7 Å². The van der Waals surface area contributed by atoms with E-state index in [1.807, 2.05) is 13.0 Å². The van der Waals surface area contributed by atoms with Gasteiger partial charge in [-0.3, -0.25) is 4.79 Å². The van der Waals surface area contributed by atoms with E-state index >= 15 is 0 Å². The molecule has 3 rings (SSSR count). The smallest absolute Gasteiger partial charge is 0.268 e. The van der Waals surface area contributed by atoms with Gasteiger partial charge in [-0.2, -0.15) is 4.31 Å². The second kappa shape index (κ2) is 9.04. The number of rotatable bonds is 5. The van der Waals surface area contributed by atoms with E-state index < -0.39 is 15.9 Å². The van der Waals surface area contributed by atoms with Gasteiger partial charge in [0.2, 0.25) is 0 Å². The average Bonchev–Trinajstić information content (AvgIpc) is 2.70. The summed E-state index contributed by atoms with van der Waals surface area (Å²) in [7, 11) is -4.17. The van der Waals surface area contributed by atoms with Gasteiger partial charge in [-0.1, -0.05) is 47.5 Å². The molecule has 0 fully saturated rings. The zero-order chi connectivity index (χ0) is 21.9. The highest BCUT2D eigenvalue weighted by molar-refractivity contribution is 7.93. The van der Waals surface area contributed by atoms with Crippen molar-refractivity contribution in [3.8, 4) is 0 Å². The largest absolute Gasteiger partial charge is 0.271 e. The van der Waals surface area contributed by atoms with Crippen molar-refractivity contribution in [1.82, 2.24) is 0 Å². The van der Waals surface area contributed by atoms with E-state index in [9.17, 15) is 13.2 Å². The standard InChI is InChI=1S/C23H19Cl2NO3S/c1-16-3-4-17(2)22(15-16)26(30(28,29)21-12-10-20(25)11-13-21)23(27)14-7-18-5-8-19(24)9-6-18/h3-15H,1-2H3/b14-7+. The summed E-state index contributed by atoms with van der Waals surface area (Å²) in [4.78, 5) is 13.1. The Balaban J connectivity index is 2.09. The van der Waals surface area contributed by atoms with Crippen LogP contribution in [0.2, 0.25) is 10.0 Å². The van der Waals surface area contributed by atoms with Crippen LogP contribution in [0, 0.1) is 13.8 Å². The molecule has 0 saturated carbocycles. The molecule has 0 N–H and O–H groups in total. The summed E-state index contributed by atoms with van der Waals surface area (Å²) >= 11 is 11.8. The summed E-state index contributed by atoms with van der Waals surface area (Å²) < 4.78 is 27.7. The summed E-state index contributed by atoms with van der Waals surface area (Å²) in [5.41, 5.74) is 2.51. The molecule has 1 amide bonds. The molecule has 0 saturated heterocycles. The van der Waals surface area contributed by atoms with Crippen molar-refractivity contribution in [3.05, 3.63) is 99.5 Å². The minimum Gasteiger partial charge on any atom is -0.268 e. The first kappa shape index (κ1) is 22.1. The number of hydrogen-bond acceptors (Lipinski definition) is 3. The van der Waals surface area contributed by atoms with Crippen LogP contribution in [0.4, 0.5) is 5.69 Å². The Labute approximate surface area is 186 Å². The van der Waals surface area contributed by atoms with Crippen LogP contribution in [0.3, 0.4) is 0 Å². The Morgan fingerprint density at radius 1 is 0.867 bits per heavy atom. The molecular formula is C23H19Cl2NO3S. The average molecular weight is 460 g/mol. The molecule has 0 heterocycles. The molecule has 4 nitrogen and oxygen atoms in total. The molecule has 0 aliphatic heterocycles. The zero-order valence-corrected chi connectivity index (χ0v) is 18.7. The van der Waals surface area contributed by atoms with Crippen molar-refractivity contribution in [2.45, 2.75) is 18.7 Å². The van der Waals surface area contributed by atoms with Crippen LogP contribution in [0.25, 0.3) is 6.08 Å². The topological polar surface area (TPSA) is 54.5 Å². The van der Waals surface area contributed by atoms with Crippen molar-refractivity contribution >= 4 is 50.9 Å². The highest BCUT2D eigenvalue weighted by atomic mass is 35.5. The van der Waals surface area contributed by atoms with Gasteiger partial charge in [-0.25, -0.2) is 8.42 Å². The first-order valence-corrected chi connectivity index (χ1v) is 11.2. The van der Waals surface area contributed by atoms with E-state index in [1.54, 1.807) is 49.4 Å². The maximum Gasteiger partial charge on any atom is 0.271 e. The lowest BCUT2D eigenvalue weighted by Gasteiger charge is -2.23. The second-order valence-electron chi connectivity index (χ2n) is 6.74. The highest BCUT2D eigenvalue weighted by Gasteiger charge is 2.31. The predicted molar refractivity (Wildman–Crippen MR) is 123 cm³/mol. The Bertz CT molecular complexity index is 1200. The number of sulfonamides is 1. The molecule has 0 atom stereocenters. The molecule has 0 aromatic heterocycles. The third kappa shape index (κ3) is 4.93. The molecular weight excluding hydrogens is 441 g/mol. The van der Waals surface area contributed by atoms with Crippen molar-refractivity contribution in [3.63, 3.8) is 0 Å². The normalized spacial score (nSPS) is 11.6. The number of benzene rings is 3. The van der Waals surface area contributed by atoms with Gasteiger partial charge in [-0.05, 0) is 79.1 Å². The molecule has 0 aliphatic rings. The molecule has 3 aromatic rings. The lowest BCUT2D eigenvalue weighted by molar-refractivity contribution is -0.113. The molecule has 3 aromatic carbocycles. The second-order valence-corrected chi connectivity index (χ2v) is 9.40. The number of nitrogens with zero attached hydrogens (tertiary/aromatic N) is 1. The van der Waals surface area contributed by atoms with Gasteiger partial charge in [-0.15, -0.1) is 0 Å². The van der Waals surface area contributed by atoms with E-state index in [0.29, 0.717) is 21.3 Å². The van der Waals surface area contributed by atoms with Gasteiger partial charge >= 0.3 is 0 Å². The Morgan fingerprint density at radius 3 is 2.03 bits per heavy atom. The van der Waals surface area contributed by atoms with Gasteiger partial charge in [0.25, 0.3) is 15.9 Å². The number of carbonyl (C=O) groups is 1. The quantitative estimate of drug-likeness (QED) is 0.436. The van der Waals surface area contributed by atoms with Gasteiger partial charge in [0.15, 0.2) is 0 Å². The predicted octanol–water partition coefficient (Wildman–Crippen LogP) is 6.05. The zero-order valence-electron chi connectivity index (χ0n) is 16.3. The monoisotopic (exact) mass is 459 g/mol. The van der Waals surface area contributed by atoms with Crippen LogP contribution >= 0.6 is 23.2 Å². The van der Waals surface area contributed by atoms with E-state index in [-0.39, 0.29) is 4.90 Å². The van der Waals surface area contributed by atoms with Crippen molar-refractivity contribution < 1.29 is 13.2 Å². The molecule has 0 unspecified atom stereocenters. The Morgan fingerprint density at radius 2 is 1.43 bits per heavy atom. The van der Waals surface area contributed by atoms with Crippen molar-refractivity contribution in [1.29, 1.82) is 0 Å². The van der Waals surface area contributed by atoms with Crippen LogP contribution in [0.5, 0.6) is 0 Å². The lowest BCUT2D eigenvalue weighted by atomic mass is 10.1. The van der Waals surface area contributed by atoms with Gasteiger partial charge in [0, 0.05) is 16.1 Å². The molecule has 0 radical (unpaired) electrons. The number of anilines is 1. The summed E-state index contributed by atoms with van der Waals surface area (Å²) in [5.74, 6) is -0.686. The Kier molecular flexibility index (Phi) is 6.66. The first-order valence-electron chi connectivity index (χ1n) is 9.04. The molecule has 0 aliphatic carbocycles. The SMILES string of the molecule is Cc1ccc(C)c(N(C(=O)/C=C/c2ccc(Cl)cc2)S(=O)(=O)c2ccc(Cl)cc2)c1. The molecule has 0 bridgehead atoms. The van der Waals surface area contributed by atoms with Crippen LogP contribution < -0.4 is 4.31 Å². The fourth-order valence-corrected chi connectivity index (χ4v) is 4.52. The first-order chi connectivity index (χ1) is 14.2. The van der Waals surface area contributed by atoms with Crippen molar-refractivity contribution in [2.24, 2.45) is 0 Å². The van der Waals surface area contributed by atoms with Crippen LogP contribution in [-0.4, -0.2) is 14.3 Å². The van der Waals surface area contributed by atoms with Gasteiger partial charge < -0.3 is 0 Å². The van der Waals surface area contributed by atoms with Crippen LogP contribution in [0.1, 0.15) is 16.7 Å². The summed E-state index contributed by atoms with van der Waals surface area (Å²) in [6.45, 7) is 3.60. The maximum atomic E-state index is 13.4. The highest BCUT2D eigenvalue weighted by Crippen LogP contribution is 2.29. The maximum absolute atomic E-state index is 13.4. The molecule has 30 heavy (non-hydrogen) atoms. The third-order valence-electron chi connectivity index (χ3n) is 4.42.